The van der Waals surface area contributed by atoms with Crippen LogP contribution in [-0.2, 0) is 9.53 Å². The van der Waals surface area contributed by atoms with E-state index >= 15 is 0 Å². The number of aromatic hydroxyl groups is 1. The van der Waals surface area contributed by atoms with Crippen LogP contribution in [0.15, 0.2) is 84.9 Å². The van der Waals surface area contributed by atoms with Crippen molar-refractivity contribution in [1.82, 2.24) is 0 Å². The fourth-order valence-electron chi connectivity index (χ4n) is 2.95. The fourth-order valence-corrected chi connectivity index (χ4v) is 2.95. The number of ether oxygens (including phenoxy) is 2. The van der Waals surface area contributed by atoms with Crippen molar-refractivity contribution in [3.8, 4) is 17.6 Å². The molecule has 0 radical (unpaired) electrons. The number of hydrogen-bond donors (Lipinski definition) is 3. The molecular weight excluding hydrogens is 443 g/mol. The van der Waals surface area contributed by atoms with E-state index in [0.29, 0.717) is 17.0 Å². The second-order valence-electron chi connectivity index (χ2n) is 6.94. The molecule has 1 amide bonds. The van der Waals surface area contributed by atoms with Crippen molar-refractivity contribution >= 4 is 17.7 Å². The van der Waals surface area contributed by atoms with Crippen LogP contribution in [0.25, 0.3) is 0 Å². The highest BCUT2D eigenvalue weighted by Crippen LogP contribution is 2.30. The van der Waals surface area contributed by atoms with Gasteiger partial charge < -0.3 is 19.7 Å². The van der Waals surface area contributed by atoms with E-state index < -0.39 is 35.8 Å². The maximum atomic E-state index is 14.1. The van der Waals surface area contributed by atoms with Crippen LogP contribution in [0.5, 0.6) is 11.5 Å². The number of amides is 1. The first kappa shape index (κ1) is 23.8. The monoisotopic (exact) mass is 462 g/mol. The third-order valence-electron chi connectivity index (χ3n) is 4.54. The lowest BCUT2D eigenvalue weighted by atomic mass is 10.0. The third-order valence-corrected chi connectivity index (χ3v) is 4.54. The number of nitrogens with one attached hydrogen (secondary N) is 1. The molecule has 2 atom stereocenters. The Bertz CT molecular complexity index is 1220. The number of carbonyl (C=O) groups excluding carboxylic acids is 1. The number of halogens is 1. The van der Waals surface area contributed by atoms with Gasteiger partial charge in [0.25, 0.3) is 0 Å². The van der Waals surface area contributed by atoms with Gasteiger partial charge in [-0.1, -0.05) is 24.3 Å². The summed E-state index contributed by atoms with van der Waals surface area (Å²) in [5.41, 5.74) is 0.842. The summed E-state index contributed by atoms with van der Waals surface area (Å²) in [6.07, 6.45) is -1.43. The fraction of sp³-hybridized carbons (Fsp3) is 0.0800. The summed E-state index contributed by atoms with van der Waals surface area (Å²) in [4.78, 5) is 23.8. The number of benzene rings is 3. The summed E-state index contributed by atoms with van der Waals surface area (Å²) in [6.45, 7) is 0. The molecule has 0 unspecified atom stereocenters. The van der Waals surface area contributed by atoms with Gasteiger partial charge >= 0.3 is 12.1 Å². The van der Waals surface area contributed by atoms with Crippen LogP contribution in [0, 0.1) is 17.1 Å². The number of carbonyl (C=O) groups is 2. The maximum Gasteiger partial charge on any atom is 0.412 e. The first-order valence-corrected chi connectivity index (χ1v) is 9.95. The van der Waals surface area contributed by atoms with Crippen LogP contribution in [-0.4, -0.2) is 28.4 Å². The van der Waals surface area contributed by atoms with Gasteiger partial charge in [0.1, 0.15) is 5.75 Å². The average Bonchev–Trinajstić information content (AvgIpc) is 2.83. The van der Waals surface area contributed by atoms with Crippen LogP contribution >= 0.6 is 0 Å². The van der Waals surface area contributed by atoms with Crippen LogP contribution < -0.4 is 10.1 Å². The van der Waals surface area contributed by atoms with Crippen LogP contribution in [0.4, 0.5) is 14.9 Å². The molecule has 0 bridgehead atoms. The van der Waals surface area contributed by atoms with Crippen molar-refractivity contribution in [2.75, 3.05) is 5.32 Å². The number of phenols is 1. The molecule has 3 aromatic rings. The standard InChI is InChI=1S/C25H19FN2O6/c26-20-14-17(8-11-21(20)29)24(34-25(32)28-18-9-6-16(15-27)7-10-18)22(12-13-23(30)31)33-19-4-2-1-3-5-19/h1-14,22,24,29H,(H,28,32)(H,30,31)/b13-12+/t22-,24-/m0/s1. The van der Waals surface area contributed by atoms with E-state index in [4.69, 9.17) is 19.8 Å². The molecule has 172 valence electrons. The lowest BCUT2D eigenvalue weighted by Gasteiger charge is -2.26. The second kappa shape index (κ2) is 11.2. The SMILES string of the molecule is N#Cc1ccc(NC(=O)O[C@@H](c2ccc(O)c(F)c2)[C@H](/C=C/C(=O)O)Oc2ccccc2)cc1. The molecule has 8 nitrogen and oxygen atoms in total. The molecular formula is C25H19FN2O6. The zero-order valence-corrected chi connectivity index (χ0v) is 17.6. The Balaban J connectivity index is 1.93. The molecule has 3 aromatic carbocycles. The maximum absolute atomic E-state index is 14.1. The van der Waals surface area contributed by atoms with Crippen molar-refractivity contribution in [1.29, 1.82) is 5.26 Å². The Morgan fingerprint density at radius 2 is 1.76 bits per heavy atom. The molecule has 0 aliphatic heterocycles. The normalized spacial score (nSPS) is 12.4. The number of carboxylic acids is 1. The first-order valence-electron chi connectivity index (χ1n) is 9.95. The summed E-state index contributed by atoms with van der Waals surface area (Å²) in [5, 5.41) is 30.0. The zero-order chi connectivity index (χ0) is 24.5. The molecule has 0 saturated carbocycles. The lowest BCUT2D eigenvalue weighted by molar-refractivity contribution is -0.131. The van der Waals surface area contributed by atoms with E-state index in [9.17, 15) is 19.1 Å². The number of nitriles is 1. The number of carboxylic acid groups (broad SMARTS) is 1. The summed E-state index contributed by atoms with van der Waals surface area (Å²) >= 11 is 0. The lowest BCUT2D eigenvalue weighted by Crippen LogP contribution is -2.30. The summed E-state index contributed by atoms with van der Waals surface area (Å²) in [6, 6.07) is 19.7. The second-order valence-corrected chi connectivity index (χ2v) is 6.94. The smallest absolute Gasteiger partial charge is 0.412 e. The predicted octanol–water partition coefficient (Wildman–Crippen LogP) is 4.78. The minimum absolute atomic E-state index is 0.112. The summed E-state index contributed by atoms with van der Waals surface area (Å²) in [7, 11) is 0. The van der Waals surface area contributed by atoms with Gasteiger partial charge in [0.15, 0.2) is 23.8 Å². The minimum Gasteiger partial charge on any atom is -0.505 e. The number of nitrogens with zero attached hydrogens (tertiary/aromatic N) is 1. The van der Waals surface area contributed by atoms with E-state index in [-0.39, 0.29) is 5.56 Å². The largest absolute Gasteiger partial charge is 0.505 e. The summed E-state index contributed by atoms with van der Waals surface area (Å²) in [5.74, 6) is -2.48. The highest BCUT2D eigenvalue weighted by atomic mass is 19.1. The van der Waals surface area contributed by atoms with E-state index in [1.54, 1.807) is 30.3 Å². The Kier molecular flexibility index (Phi) is 7.81. The van der Waals surface area contributed by atoms with Crippen LogP contribution in [0.3, 0.4) is 0 Å². The average molecular weight is 462 g/mol. The molecule has 0 heterocycles. The highest BCUT2D eigenvalue weighted by Gasteiger charge is 2.28. The Morgan fingerprint density at radius 3 is 2.38 bits per heavy atom. The molecule has 34 heavy (non-hydrogen) atoms. The van der Waals surface area contributed by atoms with Gasteiger partial charge in [0, 0.05) is 11.8 Å². The van der Waals surface area contributed by atoms with E-state index in [1.807, 2.05) is 6.07 Å². The van der Waals surface area contributed by atoms with Gasteiger partial charge in [0.2, 0.25) is 0 Å². The van der Waals surface area contributed by atoms with Gasteiger partial charge in [-0.25, -0.2) is 14.0 Å². The Hall–Kier alpha value is -4.84. The molecule has 0 saturated heterocycles. The Morgan fingerprint density at radius 1 is 1.06 bits per heavy atom. The van der Waals surface area contributed by atoms with Crippen molar-refractivity contribution in [3.63, 3.8) is 0 Å². The molecule has 9 heteroatoms. The molecule has 0 spiro atoms. The number of rotatable bonds is 8. The Labute approximate surface area is 194 Å². The van der Waals surface area contributed by atoms with Crippen LogP contribution in [0.2, 0.25) is 0 Å². The number of para-hydroxylation sites is 1. The van der Waals surface area contributed by atoms with Crippen molar-refractivity contribution < 1.29 is 33.7 Å². The molecule has 3 N–H and O–H groups in total. The number of anilines is 1. The van der Waals surface area contributed by atoms with E-state index in [2.05, 4.69) is 5.32 Å². The predicted molar refractivity (Wildman–Crippen MR) is 120 cm³/mol. The molecule has 0 fully saturated rings. The zero-order valence-electron chi connectivity index (χ0n) is 17.6. The molecule has 0 aliphatic rings. The van der Waals surface area contributed by atoms with Gasteiger partial charge in [-0.2, -0.15) is 5.26 Å². The van der Waals surface area contributed by atoms with Crippen molar-refractivity contribution in [2.45, 2.75) is 12.2 Å². The third kappa shape index (κ3) is 6.58. The molecule has 0 aromatic heterocycles. The van der Waals surface area contributed by atoms with E-state index in [0.717, 1.165) is 18.2 Å². The van der Waals surface area contributed by atoms with Gasteiger partial charge in [0.05, 0.1) is 11.6 Å². The minimum atomic E-state index is -1.30. The van der Waals surface area contributed by atoms with E-state index in [1.165, 1.54) is 36.4 Å². The highest BCUT2D eigenvalue weighted by molar-refractivity contribution is 5.85. The van der Waals surface area contributed by atoms with Gasteiger partial charge in [-0.3, -0.25) is 5.32 Å². The summed E-state index contributed by atoms with van der Waals surface area (Å²) < 4.78 is 25.5. The van der Waals surface area contributed by atoms with Crippen molar-refractivity contribution in [2.24, 2.45) is 0 Å². The quantitative estimate of drug-likeness (QED) is 0.411. The van der Waals surface area contributed by atoms with Crippen molar-refractivity contribution in [3.05, 3.63) is 102 Å². The first-order chi connectivity index (χ1) is 16.4. The molecule has 3 rings (SSSR count). The topological polar surface area (TPSA) is 129 Å². The number of phenolic OH excluding ortho intramolecular Hbond substituents is 1. The van der Waals surface area contributed by atoms with Gasteiger partial charge in [-0.15, -0.1) is 0 Å². The number of hydrogen-bond acceptors (Lipinski definition) is 6. The van der Waals surface area contributed by atoms with Gasteiger partial charge in [-0.05, 0) is 60.2 Å². The number of aliphatic carboxylic acids is 1. The molecule has 0 aliphatic carbocycles. The van der Waals surface area contributed by atoms with Crippen LogP contribution in [0.1, 0.15) is 17.2 Å².